The fraction of sp³-hybridized carbons (Fsp3) is 0.562. The molecule has 1 fully saturated rings. The molecule has 1 aromatic rings. The number of nitrogens with zero attached hydrogens (tertiary/aromatic N) is 1. The second-order valence-electron chi connectivity index (χ2n) is 4.90. The second-order valence-corrected chi connectivity index (χ2v) is 7.32. The molecule has 0 aliphatic carbocycles. The Hall–Kier alpha value is -0.450. The van der Waals surface area contributed by atoms with Crippen LogP contribution in [0.25, 0.3) is 0 Å². The van der Waals surface area contributed by atoms with Gasteiger partial charge in [-0.2, -0.15) is 0 Å². The van der Waals surface area contributed by atoms with Gasteiger partial charge in [0.15, 0.2) is 0 Å². The Morgan fingerprint density at radius 3 is 2.40 bits per heavy atom. The molecule has 0 radical (unpaired) electrons. The van der Waals surface area contributed by atoms with Gasteiger partial charge in [0.05, 0.1) is 5.69 Å². The number of hydrogen-bond donors (Lipinski definition) is 0. The first kappa shape index (κ1) is 15.9. The van der Waals surface area contributed by atoms with E-state index < -0.39 is 0 Å². The molecule has 1 aliphatic rings. The van der Waals surface area contributed by atoms with Crippen molar-refractivity contribution >= 4 is 33.6 Å². The maximum Gasteiger partial charge on any atom is 0.130 e. The lowest BCUT2D eigenvalue weighted by molar-refractivity contribution is 0.192. The maximum absolute atomic E-state index is 5.06. The smallest absolute Gasteiger partial charge is 0.130 e. The van der Waals surface area contributed by atoms with E-state index >= 15 is 0 Å². The number of thioether (sulfide) groups is 2. The van der Waals surface area contributed by atoms with Crippen molar-refractivity contribution in [3.8, 4) is 0 Å². The molecule has 4 heteroatoms. The van der Waals surface area contributed by atoms with E-state index in [1.807, 2.05) is 23.5 Å². The minimum Gasteiger partial charge on any atom is -0.385 e. The van der Waals surface area contributed by atoms with Gasteiger partial charge in [-0.3, -0.25) is 0 Å². The van der Waals surface area contributed by atoms with Gasteiger partial charge in [-0.25, -0.2) is 4.99 Å². The van der Waals surface area contributed by atoms with Gasteiger partial charge >= 0.3 is 0 Å². The Bertz CT molecular complexity index is 409. The van der Waals surface area contributed by atoms with Crippen molar-refractivity contribution in [2.24, 2.45) is 4.99 Å². The first-order valence-electron chi connectivity index (χ1n) is 7.30. The summed E-state index contributed by atoms with van der Waals surface area (Å²) in [6.07, 6.45) is 6.19. The van der Waals surface area contributed by atoms with E-state index in [-0.39, 0.29) is 0 Å². The molecular formula is C16H23NOS2. The van der Waals surface area contributed by atoms with Crippen molar-refractivity contribution < 1.29 is 4.74 Å². The summed E-state index contributed by atoms with van der Waals surface area (Å²) in [7, 11) is 1.77. The highest BCUT2D eigenvalue weighted by Gasteiger charge is 2.09. The summed E-state index contributed by atoms with van der Waals surface area (Å²) in [6, 6.07) is 8.73. The van der Waals surface area contributed by atoms with E-state index in [1.165, 1.54) is 53.5 Å². The Morgan fingerprint density at radius 2 is 1.70 bits per heavy atom. The minimum atomic E-state index is 0.894. The topological polar surface area (TPSA) is 21.6 Å². The molecule has 0 N–H and O–H groups in total. The highest BCUT2D eigenvalue weighted by molar-refractivity contribution is 8.41. The highest BCUT2D eigenvalue weighted by Crippen LogP contribution is 2.29. The molecule has 2 rings (SSSR count). The summed E-state index contributed by atoms with van der Waals surface area (Å²) in [4.78, 5) is 4.66. The van der Waals surface area contributed by atoms with E-state index in [0.717, 1.165) is 12.3 Å². The normalized spacial score (nSPS) is 14.8. The first-order valence-corrected chi connectivity index (χ1v) is 9.28. The Morgan fingerprint density at radius 1 is 1.00 bits per heavy atom. The number of benzene rings is 1. The van der Waals surface area contributed by atoms with Crippen LogP contribution in [0.15, 0.2) is 29.3 Å². The van der Waals surface area contributed by atoms with Crippen molar-refractivity contribution in [2.45, 2.75) is 32.1 Å². The Labute approximate surface area is 130 Å². The van der Waals surface area contributed by atoms with Crippen LogP contribution in [-0.4, -0.2) is 29.6 Å². The van der Waals surface area contributed by atoms with Crippen molar-refractivity contribution in [1.82, 2.24) is 0 Å². The molecular weight excluding hydrogens is 286 g/mol. The second kappa shape index (κ2) is 9.48. The SMILES string of the molecule is COCCCCCCc1ccc(N=C2SCCS2)cc1. The lowest BCUT2D eigenvalue weighted by atomic mass is 10.1. The van der Waals surface area contributed by atoms with Crippen molar-refractivity contribution in [1.29, 1.82) is 0 Å². The zero-order chi connectivity index (χ0) is 14.0. The van der Waals surface area contributed by atoms with Crippen molar-refractivity contribution in [2.75, 3.05) is 25.2 Å². The molecule has 0 saturated carbocycles. The van der Waals surface area contributed by atoms with Crippen LogP contribution >= 0.6 is 23.5 Å². The summed E-state index contributed by atoms with van der Waals surface area (Å²) in [6.45, 7) is 0.894. The summed E-state index contributed by atoms with van der Waals surface area (Å²) < 4.78 is 6.28. The number of methoxy groups -OCH3 is 1. The molecule has 0 spiro atoms. The molecule has 0 atom stereocenters. The Kier molecular flexibility index (Phi) is 7.55. The minimum absolute atomic E-state index is 0.894. The quantitative estimate of drug-likeness (QED) is 0.637. The van der Waals surface area contributed by atoms with Crippen LogP contribution in [0.1, 0.15) is 31.2 Å². The number of aliphatic imine (C=N–C) groups is 1. The van der Waals surface area contributed by atoms with Gasteiger partial charge in [0, 0.05) is 25.2 Å². The van der Waals surface area contributed by atoms with Crippen molar-refractivity contribution in [3.63, 3.8) is 0 Å². The van der Waals surface area contributed by atoms with Gasteiger partial charge in [0.25, 0.3) is 0 Å². The van der Waals surface area contributed by atoms with Gasteiger partial charge in [-0.05, 0) is 37.0 Å². The summed E-state index contributed by atoms with van der Waals surface area (Å²) >= 11 is 3.73. The summed E-state index contributed by atoms with van der Waals surface area (Å²) in [5, 5.41) is 0. The van der Waals surface area contributed by atoms with Crippen LogP contribution in [-0.2, 0) is 11.2 Å². The van der Waals surface area contributed by atoms with Gasteiger partial charge in [0.1, 0.15) is 4.38 Å². The van der Waals surface area contributed by atoms with Crippen LogP contribution in [0, 0.1) is 0 Å². The molecule has 0 aromatic heterocycles. The largest absolute Gasteiger partial charge is 0.385 e. The van der Waals surface area contributed by atoms with Gasteiger partial charge in [-0.1, -0.05) is 48.5 Å². The zero-order valence-corrected chi connectivity index (χ0v) is 13.8. The maximum atomic E-state index is 5.06. The molecule has 1 saturated heterocycles. The Balaban J connectivity index is 1.70. The average Bonchev–Trinajstić information content (AvgIpc) is 2.97. The monoisotopic (exact) mass is 309 g/mol. The molecule has 2 nitrogen and oxygen atoms in total. The molecule has 0 bridgehead atoms. The predicted molar refractivity (Wildman–Crippen MR) is 92.5 cm³/mol. The third-order valence-electron chi connectivity index (χ3n) is 3.26. The van der Waals surface area contributed by atoms with E-state index in [9.17, 15) is 0 Å². The third-order valence-corrected chi connectivity index (χ3v) is 5.71. The van der Waals surface area contributed by atoms with Crippen molar-refractivity contribution in [3.05, 3.63) is 29.8 Å². The van der Waals surface area contributed by atoms with E-state index in [1.54, 1.807) is 7.11 Å². The molecule has 0 amide bonds. The number of hydrogen-bond acceptors (Lipinski definition) is 4. The van der Waals surface area contributed by atoms with E-state index in [0.29, 0.717) is 0 Å². The van der Waals surface area contributed by atoms with Crippen LogP contribution in [0.2, 0.25) is 0 Å². The van der Waals surface area contributed by atoms with E-state index in [2.05, 4.69) is 29.3 Å². The fourth-order valence-electron chi connectivity index (χ4n) is 2.14. The molecule has 110 valence electrons. The molecule has 0 unspecified atom stereocenters. The zero-order valence-electron chi connectivity index (χ0n) is 12.1. The lowest BCUT2D eigenvalue weighted by Crippen LogP contribution is -1.90. The number of ether oxygens (including phenoxy) is 1. The van der Waals surface area contributed by atoms with Gasteiger partial charge in [-0.15, -0.1) is 0 Å². The van der Waals surface area contributed by atoms with Gasteiger partial charge in [0.2, 0.25) is 0 Å². The number of unbranched alkanes of at least 4 members (excludes halogenated alkanes) is 3. The lowest BCUT2D eigenvalue weighted by Gasteiger charge is -2.03. The molecule has 20 heavy (non-hydrogen) atoms. The fourth-order valence-corrected chi connectivity index (χ4v) is 4.32. The molecule has 1 heterocycles. The number of aryl methyl sites for hydroxylation is 1. The molecule has 1 aromatic carbocycles. The van der Waals surface area contributed by atoms with Crippen LogP contribution in [0.5, 0.6) is 0 Å². The highest BCUT2D eigenvalue weighted by atomic mass is 32.2. The summed E-state index contributed by atoms with van der Waals surface area (Å²) in [5.74, 6) is 2.40. The summed E-state index contributed by atoms with van der Waals surface area (Å²) in [5.41, 5.74) is 2.51. The average molecular weight is 310 g/mol. The van der Waals surface area contributed by atoms with Crippen LogP contribution in [0.3, 0.4) is 0 Å². The number of rotatable bonds is 8. The first-order chi connectivity index (χ1) is 9.88. The molecule has 1 aliphatic heterocycles. The predicted octanol–water partition coefficient (Wildman–Crippen LogP) is 4.90. The van der Waals surface area contributed by atoms with Crippen LogP contribution < -0.4 is 0 Å². The van der Waals surface area contributed by atoms with Crippen LogP contribution in [0.4, 0.5) is 5.69 Å². The van der Waals surface area contributed by atoms with E-state index in [4.69, 9.17) is 4.74 Å². The van der Waals surface area contributed by atoms with Gasteiger partial charge < -0.3 is 4.74 Å². The third kappa shape index (κ3) is 5.90. The standard InChI is InChI=1S/C16H23NOS2/c1-18-11-5-3-2-4-6-14-7-9-15(10-8-14)17-16-19-12-13-20-16/h7-10H,2-6,11-13H2,1H3.